The first-order valence-electron chi connectivity index (χ1n) is 9.13. The first-order valence-corrected chi connectivity index (χ1v) is 9.13. The summed E-state index contributed by atoms with van der Waals surface area (Å²) in [7, 11) is 0. The maximum atomic E-state index is 13.5. The highest BCUT2D eigenvalue weighted by Gasteiger charge is 2.42. The minimum Gasteiger partial charge on any atom is -0.322 e. The molecule has 138 valence electrons. The summed E-state index contributed by atoms with van der Waals surface area (Å²) in [6.07, 6.45) is 6.14. The van der Waals surface area contributed by atoms with Gasteiger partial charge in [-0.15, -0.1) is 0 Å². The molecular weight excluding hydrogens is 340 g/mol. The number of carbonyl (C=O) groups excluding carboxylic acids is 2. The Morgan fingerprint density at radius 3 is 2.31 bits per heavy atom. The standard InChI is InChI=1S/C19H21F2N3O2/c20-15-7-13(8-16(21)9-15)17-5-6-22-24(17)19(26)23-10-14(11-23)18(25)12-3-1-2-4-12/h6-9,12,14,17H,1-5,10-11H2/t17-/m0/s1. The van der Waals surface area contributed by atoms with Gasteiger partial charge < -0.3 is 4.90 Å². The third-order valence-corrected chi connectivity index (χ3v) is 5.61. The van der Waals surface area contributed by atoms with E-state index in [0.29, 0.717) is 25.1 Å². The summed E-state index contributed by atoms with van der Waals surface area (Å²) in [6, 6.07) is 2.43. The van der Waals surface area contributed by atoms with E-state index < -0.39 is 17.7 Å². The van der Waals surface area contributed by atoms with Crippen molar-refractivity contribution in [1.29, 1.82) is 0 Å². The number of halogens is 2. The topological polar surface area (TPSA) is 53.0 Å². The zero-order valence-corrected chi connectivity index (χ0v) is 14.4. The Labute approximate surface area is 150 Å². The average molecular weight is 361 g/mol. The van der Waals surface area contributed by atoms with Gasteiger partial charge in [0.1, 0.15) is 17.4 Å². The number of benzene rings is 1. The predicted octanol–water partition coefficient (Wildman–Crippen LogP) is 3.51. The number of hydrazone groups is 1. The summed E-state index contributed by atoms with van der Waals surface area (Å²) in [6.45, 7) is 0.814. The first kappa shape index (κ1) is 17.1. The molecule has 0 spiro atoms. The van der Waals surface area contributed by atoms with Crippen molar-refractivity contribution in [2.75, 3.05) is 13.1 Å². The van der Waals surface area contributed by atoms with Gasteiger partial charge in [-0.05, 0) is 30.5 Å². The van der Waals surface area contributed by atoms with Gasteiger partial charge in [0.25, 0.3) is 0 Å². The minimum atomic E-state index is -0.675. The molecule has 3 aliphatic rings. The molecule has 1 aromatic rings. The normalized spacial score (nSPS) is 23.5. The van der Waals surface area contributed by atoms with Crippen LogP contribution in [0.15, 0.2) is 23.3 Å². The third-order valence-electron chi connectivity index (χ3n) is 5.61. The minimum absolute atomic E-state index is 0.0845. The van der Waals surface area contributed by atoms with E-state index in [-0.39, 0.29) is 23.7 Å². The Balaban J connectivity index is 1.40. The van der Waals surface area contributed by atoms with E-state index in [2.05, 4.69) is 5.10 Å². The maximum Gasteiger partial charge on any atom is 0.341 e. The fourth-order valence-corrected chi connectivity index (χ4v) is 4.15. The van der Waals surface area contributed by atoms with E-state index in [1.165, 1.54) is 17.1 Å². The fraction of sp³-hybridized carbons (Fsp3) is 0.526. The second-order valence-corrected chi connectivity index (χ2v) is 7.37. The highest BCUT2D eigenvalue weighted by molar-refractivity contribution is 5.87. The molecule has 0 N–H and O–H groups in total. The molecule has 2 heterocycles. The molecule has 0 aromatic heterocycles. The van der Waals surface area contributed by atoms with Crippen LogP contribution in [0.2, 0.25) is 0 Å². The molecule has 0 unspecified atom stereocenters. The van der Waals surface area contributed by atoms with Crippen LogP contribution >= 0.6 is 0 Å². The van der Waals surface area contributed by atoms with Gasteiger partial charge in [0, 0.05) is 37.7 Å². The number of amides is 2. The molecule has 2 aliphatic heterocycles. The van der Waals surface area contributed by atoms with Gasteiger partial charge in [0.15, 0.2) is 0 Å². The number of rotatable bonds is 3. The Kier molecular flexibility index (Phi) is 4.46. The Bertz CT molecular complexity index is 735. The van der Waals surface area contributed by atoms with Crippen molar-refractivity contribution in [3.05, 3.63) is 35.4 Å². The highest BCUT2D eigenvalue weighted by Crippen LogP contribution is 2.34. The average Bonchev–Trinajstić information content (AvgIpc) is 3.24. The Morgan fingerprint density at radius 2 is 1.65 bits per heavy atom. The Hall–Kier alpha value is -2.31. The van der Waals surface area contributed by atoms with Gasteiger partial charge in [-0.3, -0.25) is 4.79 Å². The molecule has 1 atom stereocenters. The summed E-state index contributed by atoms with van der Waals surface area (Å²) < 4.78 is 27.0. The molecule has 5 nitrogen and oxygen atoms in total. The lowest BCUT2D eigenvalue weighted by molar-refractivity contribution is -0.130. The second kappa shape index (κ2) is 6.78. The lowest BCUT2D eigenvalue weighted by Crippen LogP contribution is -2.57. The van der Waals surface area contributed by atoms with Crippen LogP contribution in [0.3, 0.4) is 0 Å². The van der Waals surface area contributed by atoms with Gasteiger partial charge in [0.2, 0.25) is 0 Å². The number of hydrogen-bond donors (Lipinski definition) is 0. The first-order chi connectivity index (χ1) is 12.5. The molecule has 0 radical (unpaired) electrons. The molecule has 0 bridgehead atoms. The van der Waals surface area contributed by atoms with Crippen molar-refractivity contribution in [2.24, 2.45) is 16.9 Å². The van der Waals surface area contributed by atoms with Crippen molar-refractivity contribution < 1.29 is 18.4 Å². The van der Waals surface area contributed by atoms with E-state index in [9.17, 15) is 18.4 Å². The van der Waals surface area contributed by atoms with Crippen molar-refractivity contribution in [3.8, 4) is 0 Å². The van der Waals surface area contributed by atoms with Crippen LogP contribution in [0.1, 0.15) is 43.7 Å². The quantitative estimate of drug-likeness (QED) is 0.827. The molecule has 1 aromatic carbocycles. The number of Topliss-reactive ketones (excluding diaryl/α,β-unsaturated/α-hetero) is 1. The van der Waals surface area contributed by atoms with Crippen LogP contribution in [-0.2, 0) is 4.79 Å². The highest BCUT2D eigenvalue weighted by atomic mass is 19.1. The van der Waals surface area contributed by atoms with E-state index >= 15 is 0 Å². The largest absolute Gasteiger partial charge is 0.341 e. The zero-order chi connectivity index (χ0) is 18.3. The maximum absolute atomic E-state index is 13.5. The molecular formula is C19H21F2N3O2. The number of ketones is 1. The van der Waals surface area contributed by atoms with Gasteiger partial charge in [0.05, 0.1) is 12.0 Å². The van der Waals surface area contributed by atoms with E-state index in [1.54, 1.807) is 11.1 Å². The number of nitrogens with zero attached hydrogens (tertiary/aromatic N) is 3. The summed E-state index contributed by atoms with van der Waals surface area (Å²) in [5, 5.41) is 5.36. The monoisotopic (exact) mass is 361 g/mol. The fourth-order valence-electron chi connectivity index (χ4n) is 4.15. The molecule has 1 saturated carbocycles. The SMILES string of the molecule is O=C(C1CCCC1)C1CN(C(=O)N2N=CC[C@H]2c2cc(F)cc(F)c2)C1. The summed E-state index contributed by atoms with van der Waals surface area (Å²) >= 11 is 0. The molecule has 1 aliphatic carbocycles. The van der Waals surface area contributed by atoms with Crippen LogP contribution in [0, 0.1) is 23.5 Å². The van der Waals surface area contributed by atoms with Gasteiger partial charge in [-0.2, -0.15) is 5.10 Å². The smallest absolute Gasteiger partial charge is 0.322 e. The molecule has 4 rings (SSSR count). The lowest BCUT2D eigenvalue weighted by atomic mass is 9.86. The summed E-state index contributed by atoms with van der Waals surface area (Å²) in [5.74, 6) is -1.00. The van der Waals surface area contributed by atoms with E-state index in [4.69, 9.17) is 0 Å². The van der Waals surface area contributed by atoms with Crippen molar-refractivity contribution in [1.82, 2.24) is 9.91 Å². The van der Waals surface area contributed by atoms with Crippen molar-refractivity contribution in [3.63, 3.8) is 0 Å². The van der Waals surface area contributed by atoms with Crippen LogP contribution in [0.25, 0.3) is 0 Å². The van der Waals surface area contributed by atoms with Gasteiger partial charge >= 0.3 is 6.03 Å². The van der Waals surface area contributed by atoms with Crippen LogP contribution in [0.5, 0.6) is 0 Å². The van der Waals surface area contributed by atoms with Crippen LogP contribution in [0.4, 0.5) is 13.6 Å². The molecule has 1 saturated heterocycles. The number of hydrogen-bond acceptors (Lipinski definition) is 3. The second-order valence-electron chi connectivity index (χ2n) is 7.37. The molecule has 2 amide bonds. The molecule has 2 fully saturated rings. The van der Waals surface area contributed by atoms with E-state index in [0.717, 1.165) is 31.7 Å². The van der Waals surface area contributed by atoms with Crippen LogP contribution in [-0.4, -0.2) is 41.0 Å². The van der Waals surface area contributed by atoms with Crippen LogP contribution < -0.4 is 0 Å². The number of carbonyl (C=O) groups is 2. The molecule has 7 heteroatoms. The van der Waals surface area contributed by atoms with Gasteiger partial charge in [-0.1, -0.05) is 12.8 Å². The van der Waals surface area contributed by atoms with Crippen molar-refractivity contribution in [2.45, 2.75) is 38.1 Å². The Morgan fingerprint density at radius 1 is 1.00 bits per heavy atom. The number of urea groups is 1. The summed E-state index contributed by atoms with van der Waals surface area (Å²) in [4.78, 5) is 26.7. The third kappa shape index (κ3) is 3.10. The number of likely N-dealkylation sites (tertiary alicyclic amines) is 1. The van der Waals surface area contributed by atoms with Gasteiger partial charge in [-0.25, -0.2) is 18.6 Å². The lowest BCUT2D eigenvalue weighted by Gasteiger charge is -2.41. The van der Waals surface area contributed by atoms with Crippen molar-refractivity contribution >= 4 is 18.0 Å². The molecule has 26 heavy (non-hydrogen) atoms. The van der Waals surface area contributed by atoms with E-state index in [1.807, 2.05) is 0 Å². The summed E-state index contributed by atoms with van der Waals surface area (Å²) in [5.41, 5.74) is 0.382. The zero-order valence-electron chi connectivity index (χ0n) is 14.4. The predicted molar refractivity (Wildman–Crippen MR) is 91.5 cm³/mol.